The zero-order valence-electron chi connectivity index (χ0n) is 14.5. The number of fused-ring (bicyclic) bond motifs is 3. The molecule has 2 atom stereocenters. The van der Waals surface area contributed by atoms with Crippen LogP contribution in [-0.4, -0.2) is 11.2 Å². The monoisotopic (exact) mass is 302 g/mol. The van der Waals surface area contributed by atoms with E-state index in [1.165, 1.54) is 31.2 Å². The molecule has 1 aliphatic carbocycles. The molecule has 122 valence electrons. The number of benzene rings is 1. The standard InChI is InChI=1S/C20H30O2/c1-5-6-10-19(2,3)14-12-15(21)18-16(13-14)22-17-9-7-8-11-20(17,18)4/h12-13,17,21H,5-11H2,1-4H3. The SMILES string of the molecule is CCCCC(C)(C)c1cc(O)c2c(c1)OC1CCCCC21C. The van der Waals surface area contributed by atoms with Gasteiger partial charge in [-0.15, -0.1) is 0 Å². The Bertz CT molecular complexity index is 561. The molecule has 0 radical (unpaired) electrons. The Morgan fingerprint density at radius 2 is 2.09 bits per heavy atom. The molecule has 0 aromatic heterocycles. The Balaban J connectivity index is 1.99. The van der Waals surface area contributed by atoms with Gasteiger partial charge in [0.2, 0.25) is 0 Å². The van der Waals surface area contributed by atoms with Crippen LogP contribution in [0.5, 0.6) is 11.5 Å². The molecule has 1 aromatic rings. The lowest BCUT2D eigenvalue weighted by Crippen LogP contribution is -2.38. The fraction of sp³-hybridized carbons (Fsp3) is 0.700. The van der Waals surface area contributed by atoms with E-state index >= 15 is 0 Å². The van der Waals surface area contributed by atoms with Gasteiger partial charge in [-0.2, -0.15) is 0 Å². The predicted molar refractivity (Wildman–Crippen MR) is 90.9 cm³/mol. The third-order valence-corrected chi connectivity index (χ3v) is 5.98. The Morgan fingerprint density at radius 1 is 1.32 bits per heavy atom. The van der Waals surface area contributed by atoms with Gasteiger partial charge in [-0.1, -0.05) is 47.0 Å². The highest BCUT2D eigenvalue weighted by Crippen LogP contribution is 2.54. The molecule has 22 heavy (non-hydrogen) atoms. The van der Waals surface area contributed by atoms with Crippen LogP contribution in [0.1, 0.15) is 83.8 Å². The van der Waals surface area contributed by atoms with E-state index in [4.69, 9.17) is 4.74 Å². The highest BCUT2D eigenvalue weighted by molar-refractivity contribution is 5.56. The molecule has 0 bridgehead atoms. The molecule has 1 heterocycles. The number of hydrogen-bond donors (Lipinski definition) is 1. The van der Waals surface area contributed by atoms with Gasteiger partial charge in [0.25, 0.3) is 0 Å². The zero-order chi connectivity index (χ0) is 16.0. The van der Waals surface area contributed by atoms with Gasteiger partial charge in [-0.25, -0.2) is 0 Å². The molecule has 0 spiro atoms. The first-order chi connectivity index (χ1) is 10.4. The predicted octanol–water partition coefficient (Wildman–Crippen LogP) is 5.45. The Kier molecular flexibility index (Phi) is 3.91. The van der Waals surface area contributed by atoms with Crippen molar-refractivity contribution in [3.63, 3.8) is 0 Å². The van der Waals surface area contributed by atoms with Crippen LogP contribution < -0.4 is 4.74 Å². The summed E-state index contributed by atoms with van der Waals surface area (Å²) in [5.41, 5.74) is 2.36. The average Bonchev–Trinajstić information content (AvgIpc) is 2.77. The summed E-state index contributed by atoms with van der Waals surface area (Å²) in [6.07, 6.45) is 8.51. The quantitative estimate of drug-likeness (QED) is 0.801. The molecule has 2 unspecified atom stereocenters. The van der Waals surface area contributed by atoms with Gasteiger partial charge >= 0.3 is 0 Å². The fourth-order valence-corrected chi connectivity index (χ4v) is 4.35. The normalized spacial score (nSPS) is 27.2. The number of rotatable bonds is 4. The van der Waals surface area contributed by atoms with Crippen molar-refractivity contribution in [2.75, 3.05) is 0 Å². The van der Waals surface area contributed by atoms with Crippen molar-refractivity contribution in [1.29, 1.82) is 0 Å². The van der Waals surface area contributed by atoms with Crippen LogP contribution in [0.2, 0.25) is 0 Å². The maximum atomic E-state index is 10.7. The highest BCUT2D eigenvalue weighted by atomic mass is 16.5. The lowest BCUT2D eigenvalue weighted by Gasteiger charge is -2.34. The van der Waals surface area contributed by atoms with E-state index in [2.05, 4.69) is 33.8 Å². The van der Waals surface area contributed by atoms with Crippen LogP contribution in [0.15, 0.2) is 12.1 Å². The molecule has 2 aliphatic rings. The van der Waals surface area contributed by atoms with Crippen LogP contribution in [-0.2, 0) is 10.8 Å². The first-order valence-electron chi connectivity index (χ1n) is 8.93. The Morgan fingerprint density at radius 3 is 2.82 bits per heavy atom. The molecular weight excluding hydrogens is 272 g/mol. The maximum Gasteiger partial charge on any atom is 0.127 e. The summed E-state index contributed by atoms with van der Waals surface area (Å²) in [5.74, 6) is 1.39. The van der Waals surface area contributed by atoms with E-state index in [1.54, 1.807) is 0 Å². The van der Waals surface area contributed by atoms with Crippen molar-refractivity contribution in [3.8, 4) is 11.5 Å². The van der Waals surface area contributed by atoms with Gasteiger partial charge in [0.15, 0.2) is 0 Å². The second-order valence-electron chi connectivity index (χ2n) is 8.13. The Hall–Kier alpha value is -1.18. The minimum Gasteiger partial charge on any atom is -0.507 e. The Labute approximate surface area is 134 Å². The van der Waals surface area contributed by atoms with Crippen molar-refractivity contribution in [2.45, 2.75) is 89.6 Å². The molecule has 1 saturated carbocycles. The van der Waals surface area contributed by atoms with E-state index in [1.807, 2.05) is 6.07 Å². The van der Waals surface area contributed by atoms with E-state index in [0.717, 1.165) is 30.6 Å². The molecular formula is C20H30O2. The lowest BCUT2D eigenvalue weighted by molar-refractivity contribution is 0.110. The summed E-state index contributed by atoms with van der Waals surface area (Å²) < 4.78 is 6.27. The average molecular weight is 302 g/mol. The van der Waals surface area contributed by atoms with Crippen LogP contribution in [0, 0.1) is 0 Å². The number of phenolic OH excluding ortho intramolecular Hbond substituents is 1. The summed E-state index contributed by atoms with van der Waals surface area (Å²) in [6, 6.07) is 4.20. The third-order valence-electron chi connectivity index (χ3n) is 5.98. The first-order valence-corrected chi connectivity index (χ1v) is 8.93. The van der Waals surface area contributed by atoms with Gasteiger partial charge in [0.1, 0.15) is 17.6 Å². The van der Waals surface area contributed by atoms with Crippen LogP contribution in [0.3, 0.4) is 0 Å². The van der Waals surface area contributed by atoms with Gasteiger partial charge in [-0.05, 0) is 48.8 Å². The topological polar surface area (TPSA) is 29.5 Å². The highest BCUT2D eigenvalue weighted by Gasteiger charge is 2.48. The maximum absolute atomic E-state index is 10.7. The van der Waals surface area contributed by atoms with Crippen molar-refractivity contribution in [2.24, 2.45) is 0 Å². The van der Waals surface area contributed by atoms with Crippen molar-refractivity contribution in [1.82, 2.24) is 0 Å². The molecule has 2 nitrogen and oxygen atoms in total. The summed E-state index contributed by atoms with van der Waals surface area (Å²) in [6.45, 7) is 9.04. The molecule has 1 aliphatic heterocycles. The minimum absolute atomic E-state index is 0.00373. The molecule has 1 aromatic carbocycles. The number of hydrogen-bond acceptors (Lipinski definition) is 2. The zero-order valence-corrected chi connectivity index (χ0v) is 14.5. The van der Waals surface area contributed by atoms with Gasteiger partial charge in [0, 0.05) is 11.0 Å². The molecule has 0 saturated heterocycles. The molecule has 1 N–H and O–H groups in total. The smallest absolute Gasteiger partial charge is 0.127 e. The van der Waals surface area contributed by atoms with E-state index in [9.17, 15) is 5.11 Å². The number of ether oxygens (including phenoxy) is 1. The van der Waals surface area contributed by atoms with Gasteiger partial charge < -0.3 is 9.84 Å². The van der Waals surface area contributed by atoms with Crippen molar-refractivity contribution < 1.29 is 9.84 Å². The number of aromatic hydroxyl groups is 1. The van der Waals surface area contributed by atoms with Crippen molar-refractivity contribution in [3.05, 3.63) is 23.3 Å². The van der Waals surface area contributed by atoms with E-state index in [-0.39, 0.29) is 16.9 Å². The van der Waals surface area contributed by atoms with E-state index in [0.29, 0.717) is 5.75 Å². The van der Waals surface area contributed by atoms with E-state index < -0.39 is 0 Å². The minimum atomic E-state index is 0.00373. The fourth-order valence-electron chi connectivity index (χ4n) is 4.35. The second-order valence-corrected chi connectivity index (χ2v) is 8.13. The summed E-state index contributed by atoms with van der Waals surface area (Å²) >= 11 is 0. The summed E-state index contributed by atoms with van der Waals surface area (Å²) in [4.78, 5) is 0. The largest absolute Gasteiger partial charge is 0.507 e. The molecule has 0 amide bonds. The summed E-state index contributed by atoms with van der Waals surface area (Å²) in [5, 5.41) is 10.7. The number of phenols is 1. The lowest BCUT2D eigenvalue weighted by atomic mass is 9.69. The van der Waals surface area contributed by atoms with Crippen molar-refractivity contribution >= 4 is 0 Å². The first kappa shape index (κ1) is 15.7. The third kappa shape index (κ3) is 2.41. The van der Waals surface area contributed by atoms with Crippen LogP contribution >= 0.6 is 0 Å². The number of unbranched alkanes of at least 4 members (excludes halogenated alkanes) is 1. The molecule has 2 heteroatoms. The van der Waals surface area contributed by atoms with Crippen LogP contribution in [0.4, 0.5) is 0 Å². The molecule has 3 rings (SSSR count). The van der Waals surface area contributed by atoms with Gasteiger partial charge in [0.05, 0.1) is 0 Å². The summed E-state index contributed by atoms with van der Waals surface area (Å²) in [7, 11) is 0. The molecule has 1 fully saturated rings. The van der Waals surface area contributed by atoms with Crippen LogP contribution in [0.25, 0.3) is 0 Å². The second kappa shape index (κ2) is 5.47. The van der Waals surface area contributed by atoms with Gasteiger partial charge in [-0.3, -0.25) is 0 Å².